The van der Waals surface area contributed by atoms with Crippen LogP contribution in [0.5, 0.6) is 0 Å². The maximum absolute atomic E-state index is 13.2. The van der Waals surface area contributed by atoms with Crippen molar-refractivity contribution in [1.82, 2.24) is 15.5 Å². The molecule has 2 atom stereocenters. The lowest BCUT2D eigenvalue weighted by molar-refractivity contribution is -0.129. The number of hydrogen-bond acceptors (Lipinski definition) is 5. The number of Topliss-reactive ketones (excluding diaryl/α,β-unsaturated/α-hetero) is 2. The largest absolute Gasteiger partial charge is 0.303 e. The molecule has 0 saturated carbocycles. The van der Waals surface area contributed by atoms with Crippen LogP contribution in [0.3, 0.4) is 0 Å². The third kappa shape index (κ3) is 7.47. The number of nitrogens with one attached hydrogen (secondary N) is 2. The number of likely N-dealkylation sites (N-methyl/N-ethyl adjacent to an activating group) is 1. The highest BCUT2D eigenvalue weighted by atomic mass is 16.1. The van der Waals surface area contributed by atoms with E-state index in [0.717, 1.165) is 38.8 Å². The van der Waals surface area contributed by atoms with Gasteiger partial charge in [0, 0.05) is 25.0 Å². The van der Waals surface area contributed by atoms with Crippen LogP contribution in [0.1, 0.15) is 67.2 Å². The lowest BCUT2D eigenvalue weighted by Crippen LogP contribution is -2.59. The number of allylic oxidation sites excluding steroid dienone is 1. The van der Waals surface area contributed by atoms with Crippen molar-refractivity contribution in [2.45, 2.75) is 84.3 Å². The van der Waals surface area contributed by atoms with Crippen LogP contribution < -0.4 is 10.6 Å². The summed E-state index contributed by atoms with van der Waals surface area (Å²) in [6.45, 7) is 13.9. The van der Waals surface area contributed by atoms with Crippen LogP contribution in [0, 0.1) is 5.92 Å². The van der Waals surface area contributed by atoms with Gasteiger partial charge in [0.05, 0.1) is 17.6 Å². The predicted octanol–water partition coefficient (Wildman–Crippen LogP) is 2.95. The molecule has 5 heteroatoms. The number of hydrogen-bond donors (Lipinski definition) is 2. The van der Waals surface area contributed by atoms with Gasteiger partial charge in [0.25, 0.3) is 0 Å². The summed E-state index contributed by atoms with van der Waals surface area (Å²) in [7, 11) is 2.09. The molecule has 0 radical (unpaired) electrons. The van der Waals surface area contributed by atoms with Crippen molar-refractivity contribution < 1.29 is 9.59 Å². The highest BCUT2D eigenvalue weighted by Gasteiger charge is 2.38. The Morgan fingerprint density at radius 2 is 1.85 bits per heavy atom. The molecular formula is C22H41N3O2. The topological polar surface area (TPSA) is 61.4 Å². The molecule has 0 amide bonds. The highest BCUT2D eigenvalue weighted by Crippen LogP contribution is 2.21. The Bertz CT molecular complexity index is 530. The smallest absolute Gasteiger partial charge is 0.166 e. The van der Waals surface area contributed by atoms with Gasteiger partial charge in [-0.2, -0.15) is 0 Å². The second kappa shape index (κ2) is 10.5. The number of rotatable bonds is 4. The van der Waals surface area contributed by atoms with Gasteiger partial charge in [0.15, 0.2) is 11.6 Å². The first-order valence-electron chi connectivity index (χ1n) is 10.4. The third-order valence-electron chi connectivity index (χ3n) is 5.55. The predicted molar refractivity (Wildman–Crippen MR) is 113 cm³/mol. The van der Waals surface area contributed by atoms with Crippen LogP contribution in [0.15, 0.2) is 12.2 Å². The molecule has 2 N–H and O–H groups in total. The third-order valence-corrected chi connectivity index (χ3v) is 5.55. The molecule has 0 fully saturated rings. The summed E-state index contributed by atoms with van der Waals surface area (Å²) in [5.41, 5.74) is -1.26. The Balaban J connectivity index is 3.07. The first kappa shape index (κ1) is 24.0. The Kier molecular flexibility index (Phi) is 9.32. The van der Waals surface area contributed by atoms with Gasteiger partial charge in [-0.25, -0.2) is 0 Å². The van der Waals surface area contributed by atoms with E-state index < -0.39 is 11.1 Å². The molecule has 27 heavy (non-hydrogen) atoms. The highest BCUT2D eigenvalue weighted by molar-refractivity contribution is 5.93. The number of ketones is 2. The molecule has 0 aromatic rings. The van der Waals surface area contributed by atoms with Crippen LogP contribution in [-0.4, -0.2) is 60.3 Å². The Morgan fingerprint density at radius 1 is 1.19 bits per heavy atom. The van der Waals surface area contributed by atoms with Gasteiger partial charge in [-0.1, -0.05) is 26.0 Å². The molecule has 1 heterocycles. The molecule has 0 bridgehead atoms. The van der Waals surface area contributed by atoms with Gasteiger partial charge in [0.1, 0.15) is 0 Å². The van der Waals surface area contributed by atoms with E-state index in [2.05, 4.69) is 48.6 Å². The van der Waals surface area contributed by atoms with Crippen molar-refractivity contribution in [3.05, 3.63) is 12.2 Å². The Morgan fingerprint density at radius 3 is 2.44 bits per heavy atom. The van der Waals surface area contributed by atoms with E-state index in [4.69, 9.17) is 0 Å². The van der Waals surface area contributed by atoms with E-state index >= 15 is 0 Å². The van der Waals surface area contributed by atoms with Crippen LogP contribution in [0.2, 0.25) is 0 Å². The second-order valence-electron chi connectivity index (χ2n) is 9.13. The summed E-state index contributed by atoms with van der Waals surface area (Å²) in [5.74, 6) is 0.255. The SMILES string of the molecule is CC(C)N[C@@]1(C)CCN(C)C/C=C/CCC[C@@](C)(C(=O)C(C)C)NCC1=O. The van der Waals surface area contributed by atoms with Gasteiger partial charge in [0.2, 0.25) is 0 Å². The van der Waals surface area contributed by atoms with Gasteiger partial charge in [-0.3, -0.25) is 14.9 Å². The molecule has 1 aliphatic heterocycles. The van der Waals surface area contributed by atoms with Gasteiger partial charge in [-0.15, -0.1) is 0 Å². The molecule has 0 aromatic carbocycles. The van der Waals surface area contributed by atoms with E-state index in [1.165, 1.54) is 0 Å². The quantitative estimate of drug-likeness (QED) is 0.736. The molecular weight excluding hydrogens is 338 g/mol. The standard InChI is InChI=1S/C22H41N3O2/c1-17(2)20(27)22(6)12-10-8-9-11-14-25(7)15-13-21(5,24-18(3)4)19(26)16-23-22/h9,11,17-18,23-24H,8,10,12-16H2,1-7H3/b11-9+/t21-,22-/m0/s1. The lowest BCUT2D eigenvalue weighted by Gasteiger charge is -2.36. The van der Waals surface area contributed by atoms with Crippen LogP contribution in [0.25, 0.3) is 0 Å². The summed E-state index contributed by atoms with van der Waals surface area (Å²) in [6, 6.07) is 0.215. The second-order valence-corrected chi connectivity index (χ2v) is 9.13. The zero-order valence-corrected chi connectivity index (χ0v) is 18.5. The summed E-state index contributed by atoms with van der Waals surface area (Å²) < 4.78 is 0. The molecule has 0 aliphatic carbocycles. The maximum atomic E-state index is 13.2. The van der Waals surface area contributed by atoms with Crippen molar-refractivity contribution >= 4 is 11.6 Å². The summed E-state index contributed by atoms with van der Waals surface area (Å²) in [4.78, 5) is 28.2. The first-order chi connectivity index (χ1) is 12.5. The van der Waals surface area contributed by atoms with Crippen molar-refractivity contribution in [3.63, 3.8) is 0 Å². The van der Waals surface area contributed by atoms with E-state index in [9.17, 15) is 9.59 Å². The van der Waals surface area contributed by atoms with E-state index in [-0.39, 0.29) is 30.1 Å². The van der Waals surface area contributed by atoms with Gasteiger partial charge in [-0.05, 0) is 60.4 Å². The fourth-order valence-corrected chi connectivity index (χ4v) is 3.79. The maximum Gasteiger partial charge on any atom is 0.166 e. The van der Waals surface area contributed by atoms with Crippen LogP contribution in [0.4, 0.5) is 0 Å². The number of nitrogens with zero attached hydrogens (tertiary/aromatic N) is 1. The summed E-state index contributed by atoms with van der Waals surface area (Å²) in [6.07, 6.45) is 7.76. The summed E-state index contributed by atoms with van der Waals surface area (Å²) in [5, 5.41) is 6.81. The number of carbonyl (C=O) groups excluding carboxylic acids is 2. The minimum atomic E-state index is -0.655. The normalized spacial score (nSPS) is 31.1. The van der Waals surface area contributed by atoms with Crippen molar-refractivity contribution in [1.29, 1.82) is 0 Å². The minimum Gasteiger partial charge on any atom is -0.303 e. The van der Waals surface area contributed by atoms with Gasteiger partial charge < -0.3 is 10.2 Å². The lowest BCUT2D eigenvalue weighted by atomic mass is 9.83. The number of carbonyl (C=O) groups is 2. The molecule has 0 saturated heterocycles. The Labute approximate surface area is 166 Å². The fourth-order valence-electron chi connectivity index (χ4n) is 3.79. The van der Waals surface area contributed by atoms with Crippen LogP contribution in [-0.2, 0) is 9.59 Å². The van der Waals surface area contributed by atoms with Crippen molar-refractivity contribution in [3.8, 4) is 0 Å². The van der Waals surface area contributed by atoms with Crippen molar-refractivity contribution in [2.24, 2.45) is 5.92 Å². The van der Waals surface area contributed by atoms with Crippen LogP contribution >= 0.6 is 0 Å². The van der Waals surface area contributed by atoms with E-state index in [0.29, 0.717) is 0 Å². The first-order valence-corrected chi connectivity index (χ1v) is 10.4. The molecule has 1 rings (SSSR count). The summed E-state index contributed by atoms with van der Waals surface area (Å²) >= 11 is 0. The molecule has 0 aromatic heterocycles. The Hall–Kier alpha value is -1.04. The zero-order valence-electron chi connectivity index (χ0n) is 18.5. The fraction of sp³-hybridized carbons (Fsp3) is 0.818. The van der Waals surface area contributed by atoms with Gasteiger partial charge >= 0.3 is 0 Å². The molecule has 0 unspecified atom stereocenters. The monoisotopic (exact) mass is 379 g/mol. The molecule has 5 nitrogen and oxygen atoms in total. The molecule has 1 aliphatic rings. The average molecular weight is 380 g/mol. The van der Waals surface area contributed by atoms with E-state index in [1.54, 1.807) is 0 Å². The van der Waals surface area contributed by atoms with Crippen molar-refractivity contribution in [2.75, 3.05) is 26.7 Å². The molecule has 0 spiro atoms. The van der Waals surface area contributed by atoms with E-state index in [1.807, 2.05) is 27.7 Å². The zero-order chi connectivity index (χ0) is 20.7. The minimum absolute atomic E-state index is 0.0548. The average Bonchev–Trinajstić information content (AvgIpc) is 2.58. The molecule has 156 valence electrons.